The second-order valence-electron chi connectivity index (χ2n) is 7.34. The minimum absolute atomic E-state index is 0.0765. The highest BCUT2D eigenvalue weighted by molar-refractivity contribution is 6.68. The van der Waals surface area contributed by atoms with E-state index in [1.54, 1.807) is 72.8 Å². The molecule has 0 unspecified atom stereocenters. The van der Waals surface area contributed by atoms with Gasteiger partial charge >= 0.3 is 5.97 Å². The van der Waals surface area contributed by atoms with Gasteiger partial charge in [-0.25, -0.2) is 4.79 Å². The molecule has 1 amide bonds. The van der Waals surface area contributed by atoms with Crippen LogP contribution in [-0.2, 0) is 20.9 Å². The molecule has 0 aliphatic rings. The molecule has 10 heteroatoms. The van der Waals surface area contributed by atoms with Crippen molar-refractivity contribution >= 4 is 64.0 Å². The zero-order chi connectivity index (χ0) is 25.0. The van der Waals surface area contributed by atoms with E-state index in [1.165, 1.54) is 0 Å². The van der Waals surface area contributed by atoms with Crippen molar-refractivity contribution in [2.45, 2.75) is 10.9 Å². The highest BCUT2D eigenvalue weighted by atomic mass is 35.5. The van der Waals surface area contributed by atoms with Crippen LogP contribution in [0.5, 0.6) is 0 Å². The van der Waals surface area contributed by atoms with Crippen molar-refractivity contribution in [1.82, 2.24) is 5.16 Å². The number of benzene rings is 3. The number of hydrogen-bond donors (Lipinski definition) is 1. The Labute approximate surface area is 220 Å². The summed E-state index contributed by atoms with van der Waals surface area (Å²) in [6.07, 6.45) is 0. The summed E-state index contributed by atoms with van der Waals surface area (Å²) in [4.78, 5) is 25.0. The summed E-state index contributed by atoms with van der Waals surface area (Å²) in [5.74, 6) is -1.65. The van der Waals surface area contributed by atoms with Crippen molar-refractivity contribution in [2.75, 3.05) is 5.32 Å². The molecule has 0 aliphatic heterocycles. The van der Waals surface area contributed by atoms with Gasteiger partial charge < -0.3 is 14.6 Å². The van der Waals surface area contributed by atoms with E-state index < -0.39 is 16.2 Å². The molecule has 1 N–H and O–H groups in total. The lowest BCUT2D eigenvalue weighted by atomic mass is 10.1. The van der Waals surface area contributed by atoms with E-state index in [0.717, 1.165) is 5.56 Å². The van der Waals surface area contributed by atoms with Crippen molar-refractivity contribution in [3.63, 3.8) is 0 Å². The number of esters is 1. The van der Waals surface area contributed by atoms with Crippen molar-refractivity contribution < 1.29 is 18.8 Å². The summed E-state index contributed by atoms with van der Waals surface area (Å²) < 4.78 is 8.10. The number of nitrogens with zero attached hydrogens (tertiary/aromatic N) is 1. The number of carbonyl (C=O) groups is 2. The molecule has 0 atom stereocenters. The molecular formula is C25H16Cl4N2O4. The van der Waals surface area contributed by atoms with Crippen LogP contribution in [0.15, 0.2) is 83.4 Å². The van der Waals surface area contributed by atoms with E-state index in [1.807, 2.05) is 6.07 Å². The molecule has 1 heterocycles. The van der Waals surface area contributed by atoms with Crippen LogP contribution in [0, 0.1) is 0 Å². The number of rotatable bonds is 7. The summed E-state index contributed by atoms with van der Waals surface area (Å²) in [7, 11) is 0. The Morgan fingerprint density at radius 3 is 2.31 bits per heavy atom. The van der Waals surface area contributed by atoms with Gasteiger partial charge in [0.1, 0.15) is 12.3 Å². The fourth-order valence-corrected chi connectivity index (χ4v) is 3.93. The highest BCUT2D eigenvalue weighted by Gasteiger charge is 2.44. The SMILES string of the molecule is O=C(Nc1cccc(-c2cc(-c3c(Cl)cccc3Cl)no2)c1)C(Cl)(Cl)C(=O)OCc1ccccc1. The standard InChI is InChI=1S/C25H16Cl4N2O4/c26-18-10-5-11-19(27)22(18)20-13-21(35-31-20)16-8-4-9-17(12-16)30-23(32)25(28,29)24(33)34-14-15-6-2-1-3-7-15/h1-13H,14H2,(H,30,32). The van der Waals surface area contributed by atoms with Gasteiger partial charge in [-0.2, -0.15) is 0 Å². The van der Waals surface area contributed by atoms with Crippen LogP contribution < -0.4 is 5.32 Å². The van der Waals surface area contributed by atoms with Crippen molar-refractivity contribution in [3.8, 4) is 22.6 Å². The zero-order valence-electron chi connectivity index (χ0n) is 17.8. The van der Waals surface area contributed by atoms with E-state index >= 15 is 0 Å². The van der Waals surface area contributed by atoms with Crippen LogP contribution in [0.25, 0.3) is 22.6 Å². The van der Waals surface area contributed by atoms with Gasteiger partial charge in [0.05, 0.1) is 10.0 Å². The molecule has 0 saturated carbocycles. The average Bonchev–Trinajstić information content (AvgIpc) is 3.33. The van der Waals surface area contributed by atoms with Gasteiger partial charge in [-0.15, -0.1) is 0 Å². The number of carbonyl (C=O) groups excluding carboxylic acids is 2. The molecule has 0 saturated heterocycles. The number of alkyl halides is 2. The number of hydrogen-bond acceptors (Lipinski definition) is 5. The topological polar surface area (TPSA) is 81.4 Å². The second-order valence-corrected chi connectivity index (χ2v) is 9.49. The molecule has 1 aromatic heterocycles. The first-order chi connectivity index (χ1) is 16.8. The molecule has 35 heavy (non-hydrogen) atoms. The summed E-state index contributed by atoms with van der Waals surface area (Å²) in [5.41, 5.74) is 2.63. The number of halogens is 4. The average molecular weight is 550 g/mol. The molecule has 0 fully saturated rings. The first-order valence-corrected chi connectivity index (χ1v) is 11.7. The number of aromatic nitrogens is 1. The maximum atomic E-state index is 12.7. The van der Waals surface area contributed by atoms with Crippen molar-refractivity contribution in [2.24, 2.45) is 0 Å². The van der Waals surface area contributed by atoms with E-state index in [4.69, 9.17) is 55.7 Å². The molecule has 0 aliphatic carbocycles. The Bertz CT molecular complexity index is 1350. The monoisotopic (exact) mass is 548 g/mol. The Kier molecular flexibility index (Phi) is 7.67. The van der Waals surface area contributed by atoms with Crippen LogP contribution in [0.1, 0.15) is 5.56 Å². The Balaban J connectivity index is 1.47. The predicted molar refractivity (Wildman–Crippen MR) is 137 cm³/mol. The number of anilines is 1. The van der Waals surface area contributed by atoms with Crippen LogP contribution in [0.3, 0.4) is 0 Å². The van der Waals surface area contributed by atoms with Crippen LogP contribution in [-0.4, -0.2) is 21.4 Å². The molecule has 4 aromatic rings. The second kappa shape index (κ2) is 10.7. The van der Waals surface area contributed by atoms with Gasteiger partial charge in [-0.3, -0.25) is 4.79 Å². The van der Waals surface area contributed by atoms with E-state index in [-0.39, 0.29) is 6.61 Å². The normalized spacial score (nSPS) is 11.2. The zero-order valence-corrected chi connectivity index (χ0v) is 20.8. The number of nitrogens with one attached hydrogen (secondary N) is 1. The largest absolute Gasteiger partial charge is 0.458 e. The Morgan fingerprint density at radius 1 is 0.914 bits per heavy atom. The van der Waals surface area contributed by atoms with Gasteiger partial charge in [0.15, 0.2) is 5.76 Å². The summed E-state index contributed by atoms with van der Waals surface area (Å²) in [5, 5.41) is 7.43. The molecule has 4 rings (SSSR count). The molecule has 3 aromatic carbocycles. The molecule has 0 spiro atoms. The summed E-state index contributed by atoms with van der Waals surface area (Å²) >= 11 is 24.6. The lowest BCUT2D eigenvalue weighted by molar-refractivity contribution is -0.147. The lowest BCUT2D eigenvalue weighted by Gasteiger charge is -2.18. The Hall–Kier alpha value is -3.03. The van der Waals surface area contributed by atoms with Gasteiger partial charge in [0.25, 0.3) is 10.2 Å². The maximum absolute atomic E-state index is 12.7. The van der Waals surface area contributed by atoms with Gasteiger partial charge in [0, 0.05) is 22.9 Å². The molecule has 0 bridgehead atoms. The molecule has 0 radical (unpaired) electrons. The van der Waals surface area contributed by atoms with Crippen LogP contribution >= 0.6 is 46.4 Å². The third-order valence-electron chi connectivity index (χ3n) is 4.89. The minimum Gasteiger partial charge on any atom is -0.458 e. The maximum Gasteiger partial charge on any atom is 0.353 e. The predicted octanol–water partition coefficient (Wildman–Crippen LogP) is 7.17. The highest BCUT2D eigenvalue weighted by Crippen LogP contribution is 2.36. The lowest BCUT2D eigenvalue weighted by Crippen LogP contribution is -2.41. The molecular weight excluding hydrogens is 534 g/mol. The van der Waals surface area contributed by atoms with E-state index in [9.17, 15) is 9.59 Å². The minimum atomic E-state index is -2.45. The fourth-order valence-electron chi connectivity index (χ4n) is 3.14. The van der Waals surface area contributed by atoms with E-state index in [0.29, 0.717) is 38.3 Å². The summed E-state index contributed by atoms with van der Waals surface area (Å²) in [6, 6.07) is 22.3. The number of ether oxygens (including phenoxy) is 1. The third kappa shape index (κ3) is 5.80. The van der Waals surface area contributed by atoms with Crippen molar-refractivity contribution in [3.05, 3.63) is 94.5 Å². The Morgan fingerprint density at radius 2 is 1.60 bits per heavy atom. The molecule has 6 nitrogen and oxygen atoms in total. The number of amides is 1. The quantitative estimate of drug-likeness (QED) is 0.150. The summed E-state index contributed by atoms with van der Waals surface area (Å²) in [6.45, 7) is -0.0765. The first kappa shape index (κ1) is 25.1. The van der Waals surface area contributed by atoms with Crippen molar-refractivity contribution in [1.29, 1.82) is 0 Å². The van der Waals surface area contributed by atoms with Gasteiger partial charge in [-0.1, -0.05) is 100 Å². The molecule has 178 valence electrons. The third-order valence-corrected chi connectivity index (χ3v) is 6.17. The van der Waals surface area contributed by atoms with Crippen LogP contribution in [0.4, 0.5) is 5.69 Å². The van der Waals surface area contributed by atoms with Gasteiger partial charge in [0.2, 0.25) is 0 Å². The van der Waals surface area contributed by atoms with E-state index in [2.05, 4.69) is 10.5 Å². The smallest absolute Gasteiger partial charge is 0.353 e. The first-order valence-electron chi connectivity index (χ1n) is 10.2. The fraction of sp³-hybridized carbons (Fsp3) is 0.0800. The van der Waals surface area contributed by atoms with Gasteiger partial charge in [-0.05, 0) is 29.8 Å². The van der Waals surface area contributed by atoms with Crippen LogP contribution in [0.2, 0.25) is 10.0 Å².